The number of ether oxygens (including phenoxy) is 2. The smallest absolute Gasteiger partial charge is 0.316 e. The summed E-state index contributed by atoms with van der Waals surface area (Å²) >= 11 is 0. The van der Waals surface area contributed by atoms with Crippen LogP contribution in [0.5, 0.6) is 11.5 Å². The summed E-state index contributed by atoms with van der Waals surface area (Å²) in [6, 6.07) is 8.84. The molecule has 0 fully saturated rings. The Balaban J connectivity index is 1.72. The first-order chi connectivity index (χ1) is 12.2. The van der Waals surface area contributed by atoms with E-state index < -0.39 is 5.91 Å². The molecule has 8 nitrogen and oxygen atoms in total. The monoisotopic (exact) mass is 340 g/mol. The lowest BCUT2D eigenvalue weighted by atomic mass is 10.2. The number of carbonyl (C=O) groups is 1. The van der Waals surface area contributed by atoms with Gasteiger partial charge in [0.1, 0.15) is 0 Å². The molecule has 2 heterocycles. The fraction of sp³-hybridized carbons (Fsp3) is 0.176. The third-order valence-electron chi connectivity index (χ3n) is 3.44. The molecule has 0 saturated carbocycles. The number of aromatic nitrogens is 3. The Labute approximate surface area is 143 Å². The van der Waals surface area contributed by atoms with Crippen molar-refractivity contribution in [3.63, 3.8) is 0 Å². The van der Waals surface area contributed by atoms with Crippen LogP contribution >= 0.6 is 0 Å². The number of amides is 1. The van der Waals surface area contributed by atoms with Crippen LogP contribution in [0.1, 0.15) is 16.2 Å². The maximum atomic E-state index is 12.1. The first-order valence-electron chi connectivity index (χ1n) is 7.44. The molecule has 1 N–H and O–H groups in total. The van der Waals surface area contributed by atoms with Crippen molar-refractivity contribution >= 4 is 5.91 Å². The highest BCUT2D eigenvalue weighted by atomic mass is 16.5. The van der Waals surface area contributed by atoms with E-state index in [1.54, 1.807) is 43.8 Å². The van der Waals surface area contributed by atoms with E-state index in [0.29, 0.717) is 23.6 Å². The molecule has 0 bridgehead atoms. The van der Waals surface area contributed by atoms with Gasteiger partial charge in [0, 0.05) is 24.5 Å². The Morgan fingerprint density at radius 2 is 2.04 bits per heavy atom. The Morgan fingerprint density at radius 3 is 2.76 bits per heavy atom. The Morgan fingerprint density at radius 1 is 1.20 bits per heavy atom. The van der Waals surface area contributed by atoms with Crippen LogP contribution in [0, 0.1) is 0 Å². The highest BCUT2D eigenvalue weighted by Gasteiger charge is 2.17. The average Bonchev–Trinajstić information content (AvgIpc) is 3.16. The second-order valence-electron chi connectivity index (χ2n) is 5.04. The highest BCUT2D eigenvalue weighted by Crippen LogP contribution is 2.31. The van der Waals surface area contributed by atoms with Gasteiger partial charge in [0.2, 0.25) is 5.82 Å². The third-order valence-corrected chi connectivity index (χ3v) is 3.44. The standard InChI is InChI=1S/C17H16N4O4/c1-23-13-6-5-12(8-14(13)24-2)15-20-17(25-21-15)16(22)19-10-11-4-3-7-18-9-11/h3-9H,10H2,1-2H3,(H,19,22). The number of hydrogen-bond acceptors (Lipinski definition) is 7. The van der Waals surface area contributed by atoms with Crippen LogP contribution in [0.25, 0.3) is 11.4 Å². The zero-order valence-corrected chi connectivity index (χ0v) is 13.7. The van der Waals surface area contributed by atoms with Gasteiger partial charge >= 0.3 is 11.8 Å². The maximum Gasteiger partial charge on any atom is 0.316 e. The normalized spacial score (nSPS) is 10.3. The predicted octanol–water partition coefficient (Wildman–Crippen LogP) is 2.08. The molecule has 25 heavy (non-hydrogen) atoms. The van der Waals surface area contributed by atoms with Gasteiger partial charge in [-0.3, -0.25) is 9.78 Å². The van der Waals surface area contributed by atoms with Crippen molar-refractivity contribution < 1.29 is 18.8 Å². The van der Waals surface area contributed by atoms with Crippen molar-refractivity contribution in [3.8, 4) is 22.9 Å². The Kier molecular flexibility index (Phi) is 4.89. The molecule has 3 aromatic rings. The lowest BCUT2D eigenvalue weighted by Crippen LogP contribution is -2.23. The van der Waals surface area contributed by atoms with E-state index in [9.17, 15) is 4.79 Å². The van der Waals surface area contributed by atoms with Crippen LogP contribution in [0.15, 0.2) is 47.2 Å². The van der Waals surface area contributed by atoms with Gasteiger partial charge < -0.3 is 19.3 Å². The lowest BCUT2D eigenvalue weighted by Gasteiger charge is -2.07. The topological polar surface area (TPSA) is 99.4 Å². The summed E-state index contributed by atoms with van der Waals surface area (Å²) in [5.41, 5.74) is 1.52. The largest absolute Gasteiger partial charge is 0.493 e. The van der Waals surface area contributed by atoms with Gasteiger partial charge in [0.05, 0.1) is 14.2 Å². The third kappa shape index (κ3) is 3.74. The van der Waals surface area contributed by atoms with Crippen LogP contribution in [0.3, 0.4) is 0 Å². The van der Waals surface area contributed by atoms with Crippen molar-refractivity contribution in [2.75, 3.05) is 14.2 Å². The minimum atomic E-state index is -0.455. The minimum Gasteiger partial charge on any atom is -0.493 e. The second-order valence-corrected chi connectivity index (χ2v) is 5.04. The van der Waals surface area contributed by atoms with Crippen LogP contribution in [0.4, 0.5) is 0 Å². The number of benzene rings is 1. The van der Waals surface area contributed by atoms with Gasteiger partial charge in [-0.1, -0.05) is 11.2 Å². The van der Waals surface area contributed by atoms with E-state index in [0.717, 1.165) is 5.56 Å². The number of nitrogens with one attached hydrogen (secondary N) is 1. The van der Waals surface area contributed by atoms with E-state index >= 15 is 0 Å². The van der Waals surface area contributed by atoms with E-state index in [1.807, 2.05) is 6.07 Å². The van der Waals surface area contributed by atoms with Gasteiger partial charge in [-0.05, 0) is 29.8 Å². The molecular formula is C17H16N4O4. The molecular weight excluding hydrogens is 324 g/mol. The lowest BCUT2D eigenvalue weighted by molar-refractivity contribution is 0.0907. The fourth-order valence-electron chi connectivity index (χ4n) is 2.17. The number of pyridine rings is 1. The number of methoxy groups -OCH3 is 2. The summed E-state index contributed by atoms with van der Waals surface area (Å²) in [7, 11) is 3.09. The Bertz CT molecular complexity index is 864. The zero-order chi connectivity index (χ0) is 17.6. The van der Waals surface area contributed by atoms with Crippen molar-refractivity contribution in [3.05, 3.63) is 54.2 Å². The highest BCUT2D eigenvalue weighted by molar-refractivity contribution is 5.89. The number of hydrogen-bond donors (Lipinski definition) is 1. The van der Waals surface area contributed by atoms with Crippen molar-refractivity contribution in [2.24, 2.45) is 0 Å². The van der Waals surface area contributed by atoms with Gasteiger partial charge in [-0.15, -0.1) is 0 Å². The second kappa shape index (κ2) is 7.43. The molecule has 3 rings (SSSR count). The molecule has 1 aromatic carbocycles. The molecule has 0 unspecified atom stereocenters. The first kappa shape index (κ1) is 16.4. The van der Waals surface area contributed by atoms with Crippen molar-refractivity contribution in [1.29, 1.82) is 0 Å². The number of nitrogens with zero attached hydrogens (tertiary/aromatic N) is 3. The van der Waals surface area contributed by atoms with E-state index in [-0.39, 0.29) is 11.7 Å². The van der Waals surface area contributed by atoms with E-state index in [1.165, 1.54) is 7.11 Å². The number of rotatable bonds is 6. The predicted molar refractivity (Wildman–Crippen MR) is 88.2 cm³/mol. The summed E-state index contributed by atoms with van der Waals surface area (Å²) in [6.07, 6.45) is 3.34. The molecule has 0 saturated heterocycles. The van der Waals surface area contributed by atoms with Gasteiger partial charge in [0.25, 0.3) is 0 Å². The van der Waals surface area contributed by atoms with Gasteiger partial charge in [-0.25, -0.2) is 0 Å². The fourth-order valence-corrected chi connectivity index (χ4v) is 2.17. The maximum absolute atomic E-state index is 12.1. The van der Waals surface area contributed by atoms with E-state index in [2.05, 4.69) is 20.4 Å². The molecule has 0 aliphatic heterocycles. The summed E-state index contributed by atoms with van der Waals surface area (Å²) < 4.78 is 15.5. The Hall–Kier alpha value is -3.42. The molecule has 1 amide bonds. The first-order valence-corrected chi connectivity index (χ1v) is 7.44. The van der Waals surface area contributed by atoms with Gasteiger partial charge in [0.15, 0.2) is 11.5 Å². The van der Waals surface area contributed by atoms with E-state index in [4.69, 9.17) is 14.0 Å². The summed E-state index contributed by atoms with van der Waals surface area (Å²) in [4.78, 5) is 20.2. The van der Waals surface area contributed by atoms with Gasteiger partial charge in [-0.2, -0.15) is 4.98 Å². The minimum absolute atomic E-state index is 0.117. The quantitative estimate of drug-likeness (QED) is 0.733. The molecule has 8 heteroatoms. The van der Waals surface area contributed by atoms with Crippen LogP contribution in [-0.4, -0.2) is 35.3 Å². The molecule has 0 atom stereocenters. The molecule has 0 spiro atoms. The average molecular weight is 340 g/mol. The molecule has 2 aromatic heterocycles. The molecule has 0 aliphatic carbocycles. The van der Waals surface area contributed by atoms with Crippen LogP contribution < -0.4 is 14.8 Å². The van der Waals surface area contributed by atoms with Crippen LogP contribution in [0.2, 0.25) is 0 Å². The number of carbonyl (C=O) groups excluding carboxylic acids is 1. The summed E-state index contributed by atoms with van der Waals surface area (Å²) in [6.45, 7) is 0.320. The summed E-state index contributed by atoms with van der Waals surface area (Å²) in [5.74, 6) is 0.834. The van der Waals surface area contributed by atoms with Crippen molar-refractivity contribution in [1.82, 2.24) is 20.4 Å². The molecule has 128 valence electrons. The summed E-state index contributed by atoms with van der Waals surface area (Å²) in [5, 5.41) is 6.54. The van der Waals surface area contributed by atoms with Crippen LogP contribution in [-0.2, 0) is 6.54 Å². The molecule has 0 aliphatic rings. The zero-order valence-electron chi connectivity index (χ0n) is 13.7. The molecule has 0 radical (unpaired) electrons. The SMILES string of the molecule is COc1ccc(-c2noc(C(=O)NCc3cccnc3)n2)cc1OC. The van der Waals surface area contributed by atoms with Crippen molar-refractivity contribution in [2.45, 2.75) is 6.54 Å².